The van der Waals surface area contributed by atoms with E-state index < -0.39 is 0 Å². The Bertz CT molecular complexity index is 453. The Morgan fingerprint density at radius 3 is 2.56 bits per heavy atom. The first-order chi connectivity index (χ1) is 8.43. The molecule has 1 aromatic carbocycles. The highest BCUT2D eigenvalue weighted by atomic mass is 35.5. The minimum Gasteiger partial charge on any atom is -0.330 e. The van der Waals surface area contributed by atoms with E-state index in [1.54, 1.807) is 6.92 Å². The predicted octanol–water partition coefficient (Wildman–Crippen LogP) is 2.68. The fourth-order valence-electron chi connectivity index (χ4n) is 1.43. The number of nitrogens with one attached hydrogen (secondary N) is 3. The van der Waals surface area contributed by atoms with Crippen LogP contribution in [0, 0.1) is 13.8 Å². The van der Waals surface area contributed by atoms with E-state index in [0.717, 1.165) is 16.8 Å². The van der Waals surface area contributed by atoms with Gasteiger partial charge in [-0.05, 0) is 43.3 Å². The molecule has 1 rings (SSSR count). The van der Waals surface area contributed by atoms with E-state index in [1.807, 2.05) is 26.0 Å². The lowest BCUT2D eigenvalue weighted by Crippen LogP contribution is -2.43. The summed E-state index contributed by atoms with van der Waals surface area (Å²) in [5.74, 6) is -0.133. The maximum atomic E-state index is 11.1. The molecule has 1 amide bonds. The lowest BCUT2D eigenvalue weighted by atomic mass is 10.1. The summed E-state index contributed by atoms with van der Waals surface area (Å²) >= 11 is 11.2. The van der Waals surface area contributed by atoms with Crippen LogP contribution in [0.3, 0.4) is 0 Å². The molecule has 0 unspecified atom stereocenters. The average molecular weight is 286 g/mol. The molecule has 0 heterocycles. The third-order valence-corrected chi connectivity index (χ3v) is 2.81. The topological polar surface area (TPSA) is 53.2 Å². The van der Waals surface area contributed by atoms with Gasteiger partial charge in [0.15, 0.2) is 5.11 Å². The fraction of sp³-hybridized carbons (Fsp3) is 0.333. The van der Waals surface area contributed by atoms with Gasteiger partial charge in [0.2, 0.25) is 5.91 Å². The molecule has 0 saturated carbocycles. The number of hydrazine groups is 1. The second kappa shape index (κ2) is 6.56. The first-order valence-electron chi connectivity index (χ1n) is 5.56. The molecule has 4 nitrogen and oxygen atoms in total. The normalized spacial score (nSPS) is 9.78. The minimum atomic E-state index is -0.133. The number of hydrogen-bond acceptors (Lipinski definition) is 2. The number of benzene rings is 1. The van der Waals surface area contributed by atoms with Crippen LogP contribution in [0.25, 0.3) is 0 Å². The molecule has 0 aromatic heterocycles. The van der Waals surface area contributed by atoms with Crippen LogP contribution in [0.15, 0.2) is 12.1 Å². The summed E-state index contributed by atoms with van der Waals surface area (Å²) in [5, 5.41) is 3.85. The molecule has 18 heavy (non-hydrogen) atoms. The quantitative estimate of drug-likeness (QED) is 0.578. The highest BCUT2D eigenvalue weighted by Crippen LogP contribution is 2.27. The fourth-order valence-corrected chi connectivity index (χ4v) is 1.96. The van der Waals surface area contributed by atoms with Crippen molar-refractivity contribution in [2.45, 2.75) is 27.2 Å². The van der Waals surface area contributed by atoms with Gasteiger partial charge in [0, 0.05) is 6.42 Å². The molecular weight excluding hydrogens is 270 g/mol. The van der Waals surface area contributed by atoms with Crippen LogP contribution in [0.1, 0.15) is 24.5 Å². The van der Waals surface area contributed by atoms with Gasteiger partial charge < -0.3 is 5.32 Å². The molecular formula is C12H16ClN3OS. The molecule has 0 aliphatic heterocycles. The third kappa shape index (κ3) is 4.16. The van der Waals surface area contributed by atoms with Crippen molar-refractivity contribution >= 4 is 40.5 Å². The van der Waals surface area contributed by atoms with Gasteiger partial charge in [-0.1, -0.05) is 24.6 Å². The van der Waals surface area contributed by atoms with Gasteiger partial charge in [-0.3, -0.25) is 15.6 Å². The Morgan fingerprint density at radius 2 is 2.00 bits per heavy atom. The Labute approximate surface area is 117 Å². The lowest BCUT2D eigenvalue weighted by molar-refractivity contribution is -0.121. The van der Waals surface area contributed by atoms with Crippen LogP contribution in [-0.2, 0) is 4.79 Å². The summed E-state index contributed by atoms with van der Waals surface area (Å²) in [4.78, 5) is 11.1. The number of amides is 1. The van der Waals surface area contributed by atoms with E-state index in [2.05, 4.69) is 16.2 Å². The van der Waals surface area contributed by atoms with E-state index in [0.29, 0.717) is 16.6 Å². The average Bonchev–Trinajstić information content (AvgIpc) is 2.30. The predicted molar refractivity (Wildman–Crippen MR) is 78.7 cm³/mol. The monoisotopic (exact) mass is 285 g/mol. The van der Waals surface area contributed by atoms with Crippen LogP contribution in [-0.4, -0.2) is 11.0 Å². The van der Waals surface area contributed by atoms with Crippen LogP contribution >= 0.6 is 23.8 Å². The number of aryl methyl sites for hydroxylation is 2. The number of thiocarbonyl (C=S) groups is 1. The van der Waals surface area contributed by atoms with Crippen molar-refractivity contribution in [3.8, 4) is 0 Å². The zero-order valence-corrected chi connectivity index (χ0v) is 12.1. The summed E-state index contributed by atoms with van der Waals surface area (Å²) in [5.41, 5.74) is 7.90. The summed E-state index contributed by atoms with van der Waals surface area (Å²) < 4.78 is 0. The number of carbonyl (C=O) groups excluding carboxylic acids is 1. The molecule has 0 fully saturated rings. The van der Waals surface area contributed by atoms with Crippen LogP contribution in [0.5, 0.6) is 0 Å². The highest BCUT2D eigenvalue weighted by Gasteiger charge is 2.07. The Balaban J connectivity index is 2.68. The van der Waals surface area contributed by atoms with Gasteiger partial charge in [-0.25, -0.2) is 0 Å². The largest absolute Gasteiger partial charge is 0.330 e. The van der Waals surface area contributed by atoms with Crippen LogP contribution in [0.2, 0.25) is 5.02 Å². The first kappa shape index (κ1) is 14.7. The lowest BCUT2D eigenvalue weighted by Gasteiger charge is -2.14. The SMILES string of the molecule is CCC(=O)NNC(=S)Nc1c(C)cc(C)cc1Cl. The zero-order valence-electron chi connectivity index (χ0n) is 10.6. The molecule has 98 valence electrons. The van der Waals surface area contributed by atoms with Gasteiger partial charge in [-0.2, -0.15) is 0 Å². The zero-order chi connectivity index (χ0) is 13.7. The maximum Gasteiger partial charge on any atom is 0.238 e. The molecule has 3 N–H and O–H groups in total. The summed E-state index contributed by atoms with van der Waals surface area (Å²) in [6, 6.07) is 3.85. The first-order valence-corrected chi connectivity index (χ1v) is 6.35. The van der Waals surface area contributed by atoms with Gasteiger partial charge in [0.1, 0.15) is 0 Å². The van der Waals surface area contributed by atoms with E-state index in [1.165, 1.54) is 0 Å². The van der Waals surface area contributed by atoms with Crippen molar-refractivity contribution in [1.29, 1.82) is 0 Å². The van der Waals surface area contributed by atoms with Crippen molar-refractivity contribution in [3.63, 3.8) is 0 Å². The molecule has 6 heteroatoms. The van der Waals surface area contributed by atoms with Crippen molar-refractivity contribution < 1.29 is 4.79 Å². The van der Waals surface area contributed by atoms with Crippen molar-refractivity contribution in [1.82, 2.24) is 10.9 Å². The van der Waals surface area contributed by atoms with E-state index in [9.17, 15) is 4.79 Å². The number of carbonyl (C=O) groups is 1. The molecule has 0 spiro atoms. The summed E-state index contributed by atoms with van der Waals surface area (Å²) in [6.07, 6.45) is 0.389. The van der Waals surface area contributed by atoms with Crippen molar-refractivity contribution in [3.05, 3.63) is 28.3 Å². The van der Waals surface area contributed by atoms with Gasteiger partial charge in [0.05, 0.1) is 10.7 Å². The van der Waals surface area contributed by atoms with Gasteiger partial charge >= 0.3 is 0 Å². The molecule has 0 atom stereocenters. The summed E-state index contributed by atoms with van der Waals surface area (Å²) in [6.45, 7) is 5.67. The second-order valence-corrected chi connectivity index (χ2v) is 4.73. The summed E-state index contributed by atoms with van der Waals surface area (Å²) in [7, 11) is 0. The minimum absolute atomic E-state index is 0.133. The van der Waals surface area contributed by atoms with E-state index in [4.69, 9.17) is 23.8 Å². The number of halogens is 1. The Hall–Kier alpha value is -1.33. The highest BCUT2D eigenvalue weighted by molar-refractivity contribution is 7.80. The van der Waals surface area contributed by atoms with Crippen LogP contribution in [0.4, 0.5) is 5.69 Å². The molecule has 1 aromatic rings. The van der Waals surface area contributed by atoms with E-state index >= 15 is 0 Å². The van der Waals surface area contributed by atoms with Gasteiger partial charge in [-0.15, -0.1) is 0 Å². The van der Waals surface area contributed by atoms with E-state index in [-0.39, 0.29) is 5.91 Å². The molecule has 0 bridgehead atoms. The van der Waals surface area contributed by atoms with Crippen LogP contribution < -0.4 is 16.2 Å². The molecule has 0 aliphatic carbocycles. The number of hydrogen-bond donors (Lipinski definition) is 3. The van der Waals surface area contributed by atoms with Crippen molar-refractivity contribution in [2.24, 2.45) is 0 Å². The molecule has 0 radical (unpaired) electrons. The Morgan fingerprint density at radius 1 is 1.33 bits per heavy atom. The van der Waals surface area contributed by atoms with Crippen molar-refractivity contribution in [2.75, 3.05) is 5.32 Å². The number of rotatable bonds is 2. The maximum absolute atomic E-state index is 11.1. The Kier molecular flexibility index (Phi) is 5.37. The second-order valence-electron chi connectivity index (χ2n) is 3.92. The standard InChI is InChI=1S/C12H16ClN3OS/c1-4-10(17)15-16-12(18)14-11-8(3)5-7(2)6-9(11)13/h5-6H,4H2,1-3H3,(H,15,17)(H2,14,16,18). The number of anilines is 1. The molecule has 0 saturated heterocycles. The third-order valence-electron chi connectivity index (χ3n) is 2.31. The van der Waals surface area contributed by atoms with Gasteiger partial charge in [0.25, 0.3) is 0 Å². The molecule has 0 aliphatic rings. The smallest absolute Gasteiger partial charge is 0.238 e.